The van der Waals surface area contributed by atoms with Gasteiger partial charge in [-0.1, -0.05) is 30.3 Å². The van der Waals surface area contributed by atoms with Gasteiger partial charge in [0.2, 0.25) is 0 Å². The number of ether oxygens (including phenoxy) is 2. The molecule has 0 spiro atoms. The summed E-state index contributed by atoms with van der Waals surface area (Å²) in [6, 6.07) is 15.7. The number of anilines is 1. The maximum absolute atomic E-state index is 12.6. The van der Waals surface area contributed by atoms with Gasteiger partial charge in [0.15, 0.2) is 17.6 Å². The van der Waals surface area contributed by atoms with E-state index in [4.69, 9.17) is 9.47 Å². The highest BCUT2D eigenvalue weighted by Crippen LogP contribution is 2.32. The fourth-order valence-corrected chi connectivity index (χ4v) is 3.32. The summed E-state index contributed by atoms with van der Waals surface area (Å²) in [6.07, 6.45) is 0.706. The van der Waals surface area contributed by atoms with Gasteiger partial charge in [-0.25, -0.2) is 4.79 Å². The van der Waals surface area contributed by atoms with Crippen molar-refractivity contribution in [2.45, 2.75) is 25.5 Å². The highest BCUT2D eigenvalue weighted by molar-refractivity contribution is 5.94. The molecule has 0 aliphatic carbocycles. The molecule has 2 unspecified atom stereocenters. The van der Waals surface area contributed by atoms with Crippen LogP contribution in [0.3, 0.4) is 0 Å². The molecule has 2 heterocycles. The maximum atomic E-state index is 12.6. The molecule has 0 radical (unpaired) electrons. The molecule has 4 rings (SSSR count). The SMILES string of the molecule is CC1Cc2ccccc2N1C(=O)NCC1COc2ccccc2O1. The van der Waals surface area contributed by atoms with Crippen molar-refractivity contribution in [1.29, 1.82) is 0 Å². The number of benzene rings is 2. The van der Waals surface area contributed by atoms with Crippen LogP contribution in [0.1, 0.15) is 12.5 Å². The molecule has 24 heavy (non-hydrogen) atoms. The van der Waals surface area contributed by atoms with E-state index in [2.05, 4.69) is 18.3 Å². The van der Waals surface area contributed by atoms with Crippen LogP contribution in [0.5, 0.6) is 11.5 Å². The monoisotopic (exact) mass is 324 g/mol. The van der Waals surface area contributed by atoms with E-state index in [0.29, 0.717) is 13.2 Å². The number of carbonyl (C=O) groups excluding carboxylic acids is 1. The molecule has 0 bridgehead atoms. The van der Waals surface area contributed by atoms with Crippen LogP contribution in [0, 0.1) is 0 Å². The second-order valence-electron chi connectivity index (χ2n) is 6.24. The summed E-state index contributed by atoms with van der Waals surface area (Å²) in [5.41, 5.74) is 2.21. The third-order valence-electron chi connectivity index (χ3n) is 4.47. The lowest BCUT2D eigenvalue weighted by Gasteiger charge is -2.28. The molecule has 5 heteroatoms. The molecule has 124 valence electrons. The third kappa shape index (κ3) is 2.66. The standard InChI is InChI=1S/C19H20N2O3/c1-13-10-14-6-2-3-7-16(14)21(13)19(22)20-11-15-12-23-17-8-4-5-9-18(17)24-15/h2-9,13,15H,10-12H2,1H3,(H,20,22). The molecule has 1 N–H and O–H groups in total. The molecule has 5 nitrogen and oxygen atoms in total. The van der Waals surface area contributed by atoms with E-state index in [1.54, 1.807) is 0 Å². The van der Waals surface area contributed by atoms with Crippen molar-refractivity contribution >= 4 is 11.7 Å². The minimum Gasteiger partial charge on any atom is -0.486 e. The van der Waals surface area contributed by atoms with E-state index in [1.165, 1.54) is 5.56 Å². The molecule has 2 aliphatic heterocycles. The van der Waals surface area contributed by atoms with Crippen molar-refractivity contribution < 1.29 is 14.3 Å². The number of amides is 2. The van der Waals surface area contributed by atoms with E-state index in [0.717, 1.165) is 23.6 Å². The Hall–Kier alpha value is -2.69. The Bertz CT molecular complexity index is 762. The summed E-state index contributed by atoms with van der Waals surface area (Å²) in [5, 5.41) is 2.98. The predicted molar refractivity (Wildman–Crippen MR) is 91.8 cm³/mol. The number of urea groups is 1. The van der Waals surface area contributed by atoms with Crippen molar-refractivity contribution in [2.24, 2.45) is 0 Å². The Morgan fingerprint density at radius 2 is 1.92 bits per heavy atom. The number of nitrogens with one attached hydrogen (secondary N) is 1. The number of rotatable bonds is 2. The Morgan fingerprint density at radius 1 is 1.17 bits per heavy atom. The molecule has 2 aliphatic rings. The number of fused-ring (bicyclic) bond motifs is 2. The third-order valence-corrected chi connectivity index (χ3v) is 4.47. The Balaban J connectivity index is 1.39. The zero-order valence-electron chi connectivity index (χ0n) is 13.6. The molecular weight excluding hydrogens is 304 g/mol. The average Bonchev–Trinajstić information content (AvgIpc) is 2.95. The van der Waals surface area contributed by atoms with Crippen molar-refractivity contribution in [3.05, 3.63) is 54.1 Å². The van der Waals surface area contributed by atoms with Crippen LogP contribution in [-0.4, -0.2) is 31.3 Å². The predicted octanol–water partition coefficient (Wildman–Crippen LogP) is 2.99. The molecule has 0 saturated carbocycles. The van der Waals surface area contributed by atoms with Crippen molar-refractivity contribution in [1.82, 2.24) is 5.32 Å². The summed E-state index contributed by atoms with van der Waals surface area (Å²) in [4.78, 5) is 14.5. The minimum atomic E-state index is -0.183. The Labute approximate surface area is 141 Å². The zero-order valence-corrected chi connectivity index (χ0v) is 13.6. The zero-order chi connectivity index (χ0) is 16.5. The molecule has 0 aromatic heterocycles. The lowest BCUT2D eigenvalue weighted by atomic mass is 10.1. The van der Waals surface area contributed by atoms with Crippen LogP contribution in [0.2, 0.25) is 0 Å². The first kappa shape index (κ1) is 14.9. The van der Waals surface area contributed by atoms with Crippen LogP contribution >= 0.6 is 0 Å². The van der Waals surface area contributed by atoms with Crippen molar-refractivity contribution in [2.75, 3.05) is 18.1 Å². The molecule has 2 amide bonds. The molecule has 0 fully saturated rings. The van der Waals surface area contributed by atoms with Crippen LogP contribution < -0.4 is 19.7 Å². The largest absolute Gasteiger partial charge is 0.486 e. The first-order valence-electron chi connectivity index (χ1n) is 8.26. The summed E-state index contributed by atoms with van der Waals surface area (Å²) in [7, 11) is 0. The Kier molecular flexibility index (Phi) is 3.76. The van der Waals surface area contributed by atoms with Crippen LogP contribution in [0.4, 0.5) is 10.5 Å². The lowest BCUT2D eigenvalue weighted by Crippen LogP contribution is -2.48. The average molecular weight is 324 g/mol. The van der Waals surface area contributed by atoms with Crippen molar-refractivity contribution in [3.63, 3.8) is 0 Å². The number of hydrogen-bond acceptors (Lipinski definition) is 3. The summed E-state index contributed by atoms with van der Waals surface area (Å²) in [6.45, 7) is 2.91. The molecule has 2 aromatic rings. The number of nitrogens with zero attached hydrogens (tertiary/aromatic N) is 1. The first-order valence-corrected chi connectivity index (χ1v) is 8.26. The van der Waals surface area contributed by atoms with Gasteiger partial charge < -0.3 is 14.8 Å². The fraction of sp³-hybridized carbons (Fsp3) is 0.316. The van der Waals surface area contributed by atoms with E-state index >= 15 is 0 Å². The highest BCUT2D eigenvalue weighted by atomic mass is 16.6. The fourth-order valence-electron chi connectivity index (χ4n) is 3.32. The maximum Gasteiger partial charge on any atom is 0.322 e. The Morgan fingerprint density at radius 3 is 2.79 bits per heavy atom. The van der Waals surface area contributed by atoms with Gasteiger partial charge in [0, 0.05) is 11.7 Å². The second kappa shape index (κ2) is 6.07. The molecule has 0 saturated heterocycles. The summed E-state index contributed by atoms with van der Waals surface area (Å²) < 4.78 is 11.6. The molecular formula is C19H20N2O3. The van der Waals surface area contributed by atoms with E-state index in [9.17, 15) is 4.79 Å². The number of carbonyl (C=O) groups is 1. The summed E-state index contributed by atoms with van der Waals surface area (Å²) in [5.74, 6) is 1.48. The quantitative estimate of drug-likeness (QED) is 0.924. The topological polar surface area (TPSA) is 50.8 Å². The van der Waals surface area contributed by atoms with E-state index in [1.807, 2.05) is 47.4 Å². The normalized spacial score (nSPS) is 21.3. The molecule has 2 aromatic carbocycles. The number of hydrogen-bond donors (Lipinski definition) is 1. The second-order valence-corrected chi connectivity index (χ2v) is 6.24. The summed E-state index contributed by atoms with van der Waals surface area (Å²) >= 11 is 0. The van der Waals surface area contributed by atoms with Crippen LogP contribution in [0.25, 0.3) is 0 Å². The highest BCUT2D eigenvalue weighted by Gasteiger charge is 2.31. The van der Waals surface area contributed by atoms with Gasteiger partial charge in [0.05, 0.1) is 6.54 Å². The van der Waals surface area contributed by atoms with Gasteiger partial charge in [-0.3, -0.25) is 4.90 Å². The van der Waals surface area contributed by atoms with Gasteiger partial charge in [0.1, 0.15) is 6.61 Å². The van der Waals surface area contributed by atoms with Crippen LogP contribution in [0.15, 0.2) is 48.5 Å². The molecule has 2 atom stereocenters. The first-order chi connectivity index (χ1) is 11.7. The van der Waals surface area contributed by atoms with Gasteiger partial charge in [-0.15, -0.1) is 0 Å². The lowest BCUT2D eigenvalue weighted by molar-refractivity contribution is 0.0920. The van der Waals surface area contributed by atoms with Crippen LogP contribution in [-0.2, 0) is 6.42 Å². The smallest absolute Gasteiger partial charge is 0.322 e. The van der Waals surface area contributed by atoms with Crippen molar-refractivity contribution in [3.8, 4) is 11.5 Å². The van der Waals surface area contributed by atoms with E-state index < -0.39 is 0 Å². The van der Waals surface area contributed by atoms with E-state index in [-0.39, 0.29) is 18.2 Å². The number of para-hydroxylation sites is 3. The van der Waals surface area contributed by atoms with Gasteiger partial charge in [-0.2, -0.15) is 0 Å². The van der Waals surface area contributed by atoms with Gasteiger partial charge in [0.25, 0.3) is 0 Å². The van der Waals surface area contributed by atoms with Gasteiger partial charge >= 0.3 is 6.03 Å². The van der Waals surface area contributed by atoms with Gasteiger partial charge in [-0.05, 0) is 37.1 Å². The minimum absolute atomic E-state index is 0.0880.